The Hall–Kier alpha value is -0.820. The van der Waals surface area contributed by atoms with Crippen LogP contribution in [-0.2, 0) is 0 Å². The molecule has 1 rings (SSSR count). The van der Waals surface area contributed by atoms with Crippen molar-refractivity contribution in [1.82, 2.24) is 0 Å². The minimum Gasteiger partial charge on any atom is -0.258 e. The fourth-order valence-corrected chi connectivity index (χ4v) is 0.974. The van der Waals surface area contributed by atoms with Gasteiger partial charge >= 0.3 is 0 Å². The number of hydrogen-bond acceptors (Lipinski definition) is 1. The van der Waals surface area contributed by atoms with Crippen LogP contribution in [0.1, 0.15) is 20.8 Å². The van der Waals surface area contributed by atoms with Gasteiger partial charge in [-0.15, -0.1) is 0 Å². The summed E-state index contributed by atoms with van der Waals surface area (Å²) in [4.78, 5) is 4.46. The molecule has 0 heterocycles. The molecule has 0 bridgehead atoms. The summed E-state index contributed by atoms with van der Waals surface area (Å²) in [5.74, 6) is 0.496. The lowest BCUT2D eigenvalue weighted by atomic mass is 10.1. The third-order valence-electron chi connectivity index (χ3n) is 1.97. The third-order valence-corrected chi connectivity index (χ3v) is 2.22. The average Bonchev–Trinajstić information content (AvgIpc) is 2.08. The molecule has 0 radical (unpaired) electrons. The van der Waals surface area contributed by atoms with Crippen molar-refractivity contribution in [3.05, 3.63) is 29.3 Å². The maximum absolute atomic E-state index is 5.76. The number of benzene rings is 1. The van der Waals surface area contributed by atoms with Crippen LogP contribution < -0.4 is 0 Å². The highest BCUT2D eigenvalue weighted by Gasteiger charge is 1.97. The molecule has 13 heavy (non-hydrogen) atoms. The van der Waals surface area contributed by atoms with Gasteiger partial charge in [0.25, 0.3) is 0 Å². The lowest BCUT2D eigenvalue weighted by Crippen LogP contribution is -2.00. The summed E-state index contributed by atoms with van der Waals surface area (Å²) in [5, 5.41) is 0.751. The summed E-state index contributed by atoms with van der Waals surface area (Å²) in [7, 11) is 0. The van der Waals surface area contributed by atoms with Crippen molar-refractivity contribution in [2.45, 2.75) is 20.8 Å². The smallest absolute Gasteiger partial charge is 0.0630 e. The summed E-state index contributed by atoms with van der Waals surface area (Å²) < 4.78 is 0. The summed E-state index contributed by atoms with van der Waals surface area (Å²) in [6.07, 6.45) is 0. The minimum absolute atomic E-state index is 0.496. The van der Waals surface area contributed by atoms with E-state index in [1.807, 2.05) is 31.2 Å². The van der Waals surface area contributed by atoms with E-state index in [-0.39, 0.29) is 0 Å². The maximum atomic E-state index is 5.76. The van der Waals surface area contributed by atoms with Crippen LogP contribution in [0.15, 0.2) is 29.3 Å². The number of rotatable bonds is 2. The van der Waals surface area contributed by atoms with Gasteiger partial charge in [0.2, 0.25) is 0 Å². The third kappa shape index (κ3) is 3.19. The van der Waals surface area contributed by atoms with E-state index in [1.54, 1.807) is 0 Å². The van der Waals surface area contributed by atoms with Crippen molar-refractivity contribution in [2.24, 2.45) is 10.9 Å². The fraction of sp³-hybridized carbons (Fsp3) is 0.364. The molecule has 1 aromatic carbocycles. The van der Waals surface area contributed by atoms with E-state index >= 15 is 0 Å². The normalized spacial score (nSPS) is 12.2. The van der Waals surface area contributed by atoms with Gasteiger partial charge in [-0.05, 0) is 37.1 Å². The molecular weight excluding hydrogens is 182 g/mol. The molecule has 0 aliphatic carbocycles. The molecule has 0 fully saturated rings. The van der Waals surface area contributed by atoms with Crippen molar-refractivity contribution in [3.8, 4) is 0 Å². The Morgan fingerprint density at radius 3 is 2.23 bits per heavy atom. The van der Waals surface area contributed by atoms with Crippen molar-refractivity contribution < 1.29 is 0 Å². The molecule has 0 saturated heterocycles. The quantitative estimate of drug-likeness (QED) is 0.631. The first kappa shape index (κ1) is 10.3. The first-order valence-electron chi connectivity index (χ1n) is 4.40. The van der Waals surface area contributed by atoms with Crippen molar-refractivity contribution in [3.63, 3.8) is 0 Å². The van der Waals surface area contributed by atoms with Crippen molar-refractivity contribution >= 4 is 23.0 Å². The minimum atomic E-state index is 0.496. The van der Waals surface area contributed by atoms with E-state index < -0.39 is 0 Å². The van der Waals surface area contributed by atoms with Gasteiger partial charge in [-0.3, -0.25) is 4.99 Å². The second-order valence-electron chi connectivity index (χ2n) is 3.38. The fourth-order valence-electron chi connectivity index (χ4n) is 0.848. The number of aliphatic imine (C=N–C) groups is 1. The van der Waals surface area contributed by atoms with Crippen LogP contribution in [0.25, 0.3) is 0 Å². The molecule has 0 N–H and O–H groups in total. The maximum Gasteiger partial charge on any atom is 0.0630 e. The molecule has 0 unspecified atom stereocenters. The highest BCUT2D eigenvalue weighted by Crippen LogP contribution is 2.17. The van der Waals surface area contributed by atoms with E-state index in [0.717, 1.165) is 16.4 Å². The Bertz CT molecular complexity index is 298. The second kappa shape index (κ2) is 4.43. The standard InChI is InChI=1S/C11H14ClN/c1-8(2)9(3)13-11-6-4-10(12)5-7-11/h4-8H,1-3H3. The average molecular weight is 196 g/mol. The Labute approximate surface area is 84.5 Å². The molecule has 1 aromatic rings. The highest BCUT2D eigenvalue weighted by atomic mass is 35.5. The Morgan fingerprint density at radius 1 is 1.23 bits per heavy atom. The molecular formula is C11H14ClN. The lowest BCUT2D eigenvalue weighted by Gasteiger charge is -2.03. The van der Waals surface area contributed by atoms with E-state index in [9.17, 15) is 0 Å². The number of halogens is 1. The molecule has 0 spiro atoms. The van der Waals surface area contributed by atoms with Gasteiger partial charge in [0, 0.05) is 10.7 Å². The molecule has 0 aliphatic rings. The van der Waals surface area contributed by atoms with Gasteiger partial charge in [0.05, 0.1) is 5.69 Å². The molecule has 0 atom stereocenters. The zero-order valence-electron chi connectivity index (χ0n) is 8.21. The van der Waals surface area contributed by atoms with Crippen LogP contribution in [0.2, 0.25) is 5.02 Å². The largest absolute Gasteiger partial charge is 0.258 e. The monoisotopic (exact) mass is 195 g/mol. The highest BCUT2D eigenvalue weighted by molar-refractivity contribution is 6.30. The van der Waals surface area contributed by atoms with Crippen LogP contribution in [-0.4, -0.2) is 5.71 Å². The molecule has 1 nitrogen and oxygen atoms in total. The molecule has 0 amide bonds. The topological polar surface area (TPSA) is 12.4 Å². The summed E-state index contributed by atoms with van der Waals surface area (Å²) in [5.41, 5.74) is 2.11. The molecule has 0 saturated carbocycles. The van der Waals surface area contributed by atoms with Crippen molar-refractivity contribution in [2.75, 3.05) is 0 Å². The van der Waals surface area contributed by atoms with E-state index in [1.165, 1.54) is 0 Å². The lowest BCUT2D eigenvalue weighted by molar-refractivity contribution is 0.879. The summed E-state index contributed by atoms with van der Waals surface area (Å²) in [6, 6.07) is 7.56. The predicted octanol–water partition coefficient (Wildman–Crippen LogP) is 4.09. The summed E-state index contributed by atoms with van der Waals surface area (Å²) in [6.45, 7) is 6.31. The summed E-state index contributed by atoms with van der Waals surface area (Å²) >= 11 is 5.76. The van der Waals surface area contributed by atoms with Crippen LogP contribution in [0.4, 0.5) is 5.69 Å². The Balaban J connectivity index is 2.85. The molecule has 70 valence electrons. The van der Waals surface area contributed by atoms with Gasteiger partial charge in [0.15, 0.2) is 0 Å². The van der Waals surface area contributed by atoms with Crippen LogP contribution in [0.3, 0.4) is 0 Å². The van der Waals surface area contributed by atoms with Gasteiger partial charge in [-0.1, -0.05) is 25.4 Å². The Kier molecular flexibility index (Phi) is 3.49. The van der Waals surface area contributed by atoms with Gasteiger partial charge in [-0.25, -0.2) is 0 Å². The van der Waals surface area contributed by atoms with Gasteiger partial charge < -0.3 is 0 Å². The zero-order chi connectivity index (χ0) is 9.84. The van der Waals surface area contributed by atoms with Gasteiger partial charge in [-0.2, -0.15) is 0 Å². The molecule has 2 heteroatoms. The number of hydrogen-bond donors (Lipinski definition) is 0. The van der Waals surface area contributed by atoms with E-state index in [4.69, 9.17) is 11.6 Å². The first-order chi connectivity index (χ1) is 6.09. The van der Waals surface area contributed by atoms with Crippen molar-refractivity contribution in [1.29, 1.82) is 0 Å². The SMILES string of the molecule is CC(=Nc1ccc(Cl)cc1)C(C)C. The Morgan fingerprint density at radius 2 is 1.77 bits per heavy atom. The van der Waals surface area contributed by atoms with E-state index in [2.05, 4.69) is 18.8 Å². The second-order valence-corrected chi connectivity index (χ2v) is 3.82. The zero-order valence-corrected chi connectivity index (χ0v) is 8.97. The van der Waals surface area contributed by atoms with Crippen LogP contribution >= 0.6 is 11.6 Å². The predicted molar refractivity (Wildman–Crippen MR) is 59.1 cm³/mol. The van der Waals surface area contributed by atoms with Crippen LogP contribution in [0.5, 0.6) is 0 Å². The van der Waals surface area contributed by atoms with E-state index in [0.29, 0.717) is 5.92 Å². The number of nitrogens with zero attached hydrogens (tertiary/aromatic N) is 1. The molecule has 0 aromatic heterocycles. The van der Waals surface area contributed by atoms with Gasteiger partial charge in [0.1, 0.15) is 0 Å². The first-order valence-corrected chi connectivity index (χ1v) is 4.78. The molecule has 0 aliphatic heterocycles. The van der Waals surface area contributed by atoms with Crippen LogP contribution in [0, 0.1) is 5.92 Å².